The third-order valence-electron chi connectivity index (χ3n) is 9.09. The molecule has 52 heavy (non-hydrogen) atoms. The van der Waals surface area contributed by atoms with Gasteiger partial charge in [0.15, 0.2) is 17.7 Å². The molecule has 14 heteroatoms. The van der Waals surface area contributed by atoms with Crippen molar-refractivity contribution in [2.45, 2.75) is 84.2 Å². The molecular weight excluding hydrogens is 683 g/mol. The van der Waals surface area contributed by atoms with E-state index in [1.54, 1.807) is 61.2 Å². The van der Waals surface area contributed by atoms with E-state index >= 15 is 0 Å². The third kappa shape index (κ3) is 12.7. The van der Waals surface area contributed by atoms with Gasteiger partial charge in [-0.1, -0.05) is 63.2 Å². The second-order valence-corrected chi connectivity index (χ2v) is 13.6. The van der Waals surface area contributed by atoms with Crippen LogP contribution in [0.5, 0.6) is 0 Å². The largest absolute Gasteiger partial charge is 0.416 e. The quantitative estimate of drug-likeness (QED) is 0.193. The lowest BCUT2D eigenvalue weighted by molar-refractivity contribution is -0.213. The number of hydrogen-bond donors (Lipinski definition) is 3. The van der Waals surface area contributed by atoms with E-state index in [-0.39, 0.29) is 36.9 Å². The maximum Gasteiger partial charge on any atom is 0.416 e. The number of hydrogen-bond acceptors (Lipinski definition) is 8. The fraction of sp³-hybridized carbons (Fsp3) is 0.526. The van der Waals surface area contributed by atoms with E-state index < -0.39 is 72.4 Å². The Hall–Kier alpha value is -4.43. The molecule has 2 aromatic rings. The minimum absolute atomic E-state index is 0.0468. The average molecular weight is 732 g/mol. The Balaban J connectivity index is 1.72. The molecule has 0 aromatic heterocycles. The topological polar surface area (TPSA) is 159 Å². The van der Waals surface area contributed by atoms with E-state index in [9.17, 15) is 47.0 Å². The van der Waals surface area contributed by atoms with Crippen LogP contribution in [-0.2, 0) is 30.3 Å². The highest BCUT2D eigenvalue weighted by atomic mass is 19.4. The number of nitrogens with one attached hydrogen (secondary N) is 2. The molecule has 0 saturated carbocycles. The summed E-state index contributed by atoms with van der Waals surface area (Å²) in [6, 6.07) is 12.0. The number of carbonyl (C=O) groups excluding carboxylic acids is 6. The number of Topliss-reactive ketones (excluding diaryl/α,β-unsaturated/α-hetero) is 3. The minimum Gasteiger partial charge on any atom is -0.382 e. The van der Waals surface area contributed by atoms with Crippen LogP contribution in [0.1, 0.15) is 79.7 Å². The summed E-state index contributed by atoms with van der Waals surface area (Å²) in [5.41, 5.74) is 1.43. The monoisotopic (exact) mass is 731 g/mol. The van der Waals surface area contributed by atoms with Crippen LogP contribution in [0.3, 0.4) is 0 Å². The highest BCUT2D eigenvalue weighted by Gasteiger charge is 2.44. The number of nitrogens with zero attached hydrogens (tertiary/aromatic N) is 1. The minimum atomic E-state index is -5.06. The zero-order chi connectivity index (χ0) is 38.6. The Bertz CT molecular complexity index is 1540. The number of carbonyl (C=O) groups is 6. The molecule has 11 nitrogen and oxygen atoms in total. The molecule has 1 saturated heterocycles. The fourth-order valence-corrected chi connectivity index (χ4v) is 5.83. The molecule has 5 atom stereocenters. The fourth-order valence-electron chi connectivity index (χ4n) is 5.83. The molecule has 1 heterocycles. The molecule has 0 radical (unpaired) electrons. The van der Waals surface area contributed by atoms with Crippen LogP contribution in [-0.4, -0.2) is 95.7 Å². The van der Waals surface area contributed by atoms with Crippen molar-refractivity contribution in [2.24, 2.45) is 17.8 Å². The second kappa shape index (κ2) is 19.4. The van der Waals surface area contributed by atoms with Crippen LogP contribution < -0.4 is 10.6 Å². The summed E-state index contributed by atoms with van der Waals surface area (Å²) in [5, 5.41) is 14.7. The first-order valence-corrected chi connectivity index (χ1v) is 17.4. The van der Waals surface area contributed by atoms with E-state index in [1.165, 1.54) is 26.0 Å². The van der Waals surface area contributed by atoms with Crippen molar-refractivity contribution < 1.29 is 51.8 Å². The summed E-state index contributed by atoms with van der Waals surface area (Å²) in [4.78, 5) is 79.6. The Kier molecular flexibility index (Phi) is 15.7. The first-order chi connectivity index (χ1) is 24.5. The predicted octanol–water partition coefficient (Wildman–Crippen LogP) is 4.10. The molecular formula is C38H48F3N3O8. The number of amides is 3. The molecule has 2 aromatic carbocycles. The Labute approximate surface area is 301 Å². The van der Waals surface area contributed by atoms with Crippen molar-refractivity contribution in [3.05, 3.63) is 71.3 Å². The third-order valence-corrected chi connectivity index (χ3v) is 9.09. The predicted molar refractivity (Wildman–Crippen MR) is 185 cm³/mol. The van der Waals surface area contributed by atoms with E-state index in [4.69, 9.17) is 4.74 Å². The van der Waals surface area contributed by atoms with Crippen molar-refractivity contribution in [1.82, 2.24) is 15.5 Å². The van der Waals surface area contributed by atoms with Crippen LogP contribution in [0.15, 0.2) is 54.6 Å². The molecule has 3 amide bonds. The molecule has 0 aliphatic carbocycles. The zero-order valence-corrected chi connectivity index (χ0v) is 29.9. The number of aliphatic hydroxyl groups is 1. The van der Waals surface area contributed by atoms with Crippen molar-refractivity contribution in [3.63, 3.8) is 0 Å². The van der Waals surface area contributed by atoms with Gasteiger partial charge < -0.3 is 30.2 Å². The van der Waals surface area contributed by atoms with E-state index in [0.29, 0.717) is 43.0 Å². The van der Waals surface area contributed by atoms with Crippen LogP contribution in [0, 0.1) is 17.8 Å². The van der Waals surface area contributed by atoms with Crippen molar-refractivity contribution >= 4 is 35.1 Å². The summed E-state index contributed by atoms with van der Waals surface area (Å²) in [6.07, 6.45) is -9.34. The number of alkyl halides is 3. The lowest BCUT2D eigenvalue weighted by Crippen LogP contribution is -2.52. The average Bonchev–Trinajstić information content (AvgIpc) is 3.11. The number of halogens is 3. The summed E-state index contributed by atoms with van der Waals surface area (Å²) >= 11 is 0. The van der Waals surface area contributed by atoms with Crippen LogP contribution in [0.25, 0.3) is 0 Å². The molecule has 1 fully saturated rings. The summed E-state index contributed by atoms with van der Waals surface area (Å²) in [7, 11) is 0. The van der Waals surface area contributed by atoms with Gasteiger partial charge in [-0.15, -0.1) is 0 Å². The number of ether oxygens (including phenoxy) is 1. The second-order valence-electron chi connectivity index (χ2n) is 13.6. The van der Waals surface area contributed by atoms with Gasteiger partial charge >= 0.3 is 6.18 Å². The number of morpholine rings is 1. The van der Waals surface area contributed by atoms with Gasteiger partial charge in [-0.2, -0.15) is 13.2 Å². The number of ketones is 3. The van der Waals surface area contributed by atoms with Crippen molar-refractivity contribution in [3.8, 4) is 0 Å². The van der Waals surface area contributed by atoms with Crippen LogP contribution >= 0.6 is 0 Å². The molecule has 284 valence electrons. The lowest BCUT2D eigenvalue weighted by Gasteiger charge is -2.27. The molecule has 2 unspecified atom stereocenters. The van der Waals surface area contributed by atoms with Crippen molar-refractivity contribution in [2.75, 3.05) is 26.3 Å². The van der Waals surface area contributed by atoms with Gasteiger partial charge in [-0.25, -0.2) is 0 Å². The van der Waals surface area contributed by atoms with Gasteiger partial charge in [-0.3, -0.25) is 24.0 Å². The summed E-state index contributed by atoms with van der Waals surface area (Å²) < 4.78 is 45.2. The van der Waals surface area contributed by atoms with E-state index in [0.717, 1.165) is 0 Å². The Morgan fingerprint density at radius 3 is 2.00 bits per heavy atom. The van der Waals surface area contributed by atoms with E-state index in [2.05, 4.69) is 10.6 Å². The van der Waals surface area contributed by atoms with Gasteiger partial charge in [0.05, 0.1) is 25.3 Å². The van der Waals surface area contributed by atoms with Gasteiger partial charge in [-0.05, 0) is 43.4 Å². The highest BCUT2D eigenvalue weighted by Crippen LogP contribution is 2.25. The molecule has 3 rings (SSSR count). The maximum atomic E-state index is 13.7. The Morgan fingerprint density at radius 2 is 1.44 bits per heavy atom. The highest BCUT2D eigenvalue weighted by molar-refractivity contribution is 6.01. The van der Waals surface area contributed by atoms with Gasteiger partial charge in [0.1, 0.15) is 5.78 Å². The summed E-state index contributed by atoms with van der Waals surface area (Å²) in [5.74, 6) is -5.31. The first kappa shape index (κ1) is 42.0. The zero-order valence-electron chi connectivity index (χ0n) is 29.9. The normalized spacial score (nSPS) is 16.3. The van der Waals surface area contributed by atoms with Crippen LogP contribution in [0.2, 0.25) is 0 Å². The number of benzene rings is 2. The van der Waals surface area contributed by atoms with Gasteiger partial charge in [0, 0.05) is 55.3 Å². The molecule has 1 aliphatic rings. The number of aliphatic hydroxyl groups excluding tert-OH is 1. The lowest BCUT2D eigenvalue weighted by atomic mass is 9.87. The van der Waals surface area contributed by atoms with Gasteiger partial charge in [0.25, 0.3) is 5.91 Å². The number of rotatable bonds is 18. The molecule has 1 aliphatic heterocycles. The maximum absolute atomic E-state index is 13.7. The molecule has 3 N–H and O–H groups in total. The van der Waals surface area contributed by atoms with Crippen molar-refractivity contribution in [1.29, 1.82) is 0 Å². The first-order valence-electron chi connectivity index (χ1n) is 17.4. The smallest absolute Gasteiger partial charge is 0.382 e. The molecule has 0 bridgehead atoms. The summed E-state index contributed by atoms with van der Waals surface area (Å²) in [6.45, 7) is 7.89. The SMILES string of the molecule is CC(=O)CCC(NC(=O)[C@H](C)CC(=O)[C@H](Cc1ccccc1)NC(=O)[C@@H](CC(=O)c1ccc(C(=O)N2CCOCC2)cc1)C(C)C)C(O)C(F)(F)F. The van der Waals surface area contributed by atoms with Crippen LogP contribution in [0.4, 0.5) is 13.2 Å². The molecule has 0 spiro atoms. The van der Waals surface area contributed by atoms with Gasteiger partial charge in [0.2, 0.25) is 11.8 Å². The van der Waals surface area contributed by atoms with E-state index in [1.807, 2.05) is 0 Å². The Morgan fingerprint density at radius 1 is 0.846 bits per heavy atom. The standard InChI is InChI=1S/C38H48F3N3O8/c1-23(2)29(22-32(46)27-11-13-28(14-12-27)37(51)44-16-18-52-19-17-44)36(50)43-31(21-26-8-6-5-7-9-26)33(47)20-24(3)35(49)42-30(15-10-25(4)45)34(48)38(39,40)41/h5-9,11-14,23-24,29-31,34,48H,10,15-22H2,1-4H3,(H,42,49)(H,43,50)/t24-,29+,30?,31+,34?/m1/s1.